The van der Waals surface area contributed by atoms with Crippen LogP contribution in [0.3, 0.4) is 0 Å². The van der Waals surface area contributed by atoms with E-state index in [1.165, 1.54) is 22.6 Å². The lowest BCUT2D eigenvalue weighted by molar-refractivity contribution is 0.368. The molecule has 0 heterocycles. The third-order valence-corrected chi connectivity index (χ3v) is 16.5. The summed E-state index contributed by atoms with van der Waals surface area (Å²) < 4.78 is 39.0. The van der Waals surface area contributed by atoms with Gasteiger partial charge in [-0.25, -0.2) is 0 Å². The lowest BCUT2D eigenvalue weighted by atomic mass is 9.99. The first-order valence-electron chi connectivity index (χ1n) is 14.8. The Morgan fingerprint density at radius 1 is 0.412 bits per heavy atom. The van der Waals surface area contributed by atoms with E-state index in [4.69, 9.17) is 0 Å². The zero-order valence-corrected chi connectivity index (χ0v) is 23.3. The van der Waals surface area contributed by atoms with Crippen molar-refractivity contribution in [2.75, 3.05) is 12.3 Å². The monoisotopic (exact) mass is 523 g/mol. The van der Waals surface area contributed by atoms with Crippen LogP contribution in [-0.4, -0.2) is 42.2 Å². The molecule has 0 aromatic rings. The standard InChI is InChI=1S/C27H50P2.BF4/c1-5-14-24(15-6-1)28(25-16-7-2-8-17-25)22-13-23-29(26-18-9-3-10-19-26)27-20-11-4-12-21-27;2-1(3,4)5/h24-27H,1-23H2;/q;-1. The average Bonchev–Trinajstić information content (AvgIpc) is 2.85. The molecule has 0 nitrogen and oxygen atoms in total. The maximum absolute atomic E-state index is 9.75. The van der Waals surface area contributed by atoms with E-state index in [0.717, 1.165) is 0 Å². The van der Waals surface area contributed by atoms with Gasteiger partial charge in [-0.05, 0) is 92.7 Å². The predicted octanol–water partition coefficient (Wildman–Crippen LogP) is 11.0. The zero-order valence-electron chi connectivity index (χ0n) is 21.6. The molecule has 0 unspecified atom stereocenters. The molecule has 7 heteroatoms. The van der Waals surface area contributed by atoms with Crippen molar-refractivity contribution in [1.29, 1.82) is 0 Å². The first kappa shape index (κ1) is 29.2. The molecule has 4 fully saturated rings. The molecule has 0 aliphatic heterocycles. The lowest BCUT2D eigenvalue weighted by Crippen LogP contribution is -2.24. The third kappa shape index (κ3) is 10.9. The smallest absolute Gasteiger partial charge is 0.418 e. The van der Waals surface area contributed by atoms with Crippen LogP contribution >= 0.6 is 15.8 Å². The normalized spacial score (nSPS) is 24.9. The highest BCUT2D eigenvalue weighted by atomic mass is 31.1. The third-order valence-electron chi connectivity index (χ3n) is 9.01. The Labute approximate surface area is 210 Å². The van der Waals surface area contributed by atoms with Crippen LogP contribution in [-0.2, 0) is 0 Å². The Bertz CT molecular complexity index is 441. The molecule has 0 N–H and O–H groups in total. The van der Waals surface area contributed by atoms with Crippen molar-refractivity contribution in [3.8, 4) is 0 Å². The summed E-state index contributed by atoms with van der Waals surface area (Å²) in [5, 5.41) is 0. The van der Waals surface area contributed by atoms with Gasteiger partial charge in [0.05, 0.1) is 0 Å². The molecule has 200 valence electrons. The van der Waals surface area contributed by atoms with Gasteiger partial charge in [-0.1, -0.05) is 77.0 Å². The van der Waals surface area contributed by atoms with E-state index < -0.39 is 7.25 Å². The molecule has 0 bridgehead atoms. The van der Waals surface area contributed by atoms with Gasteiger partial charge in [-0.3, -0.25) is 0 Å². The van der Waals surface area contributed by atoms with Crippen LogP contribution in [0.5, 0.6) is 0 Å². The molecule has 0 amide bonds. The van der Waals surface area contributed by atoms with Crippen molar-refractivity contribution in [3.63, 3.8) is 0 Å². The van der Waals surface area contributed by atoms with Gasteiger partial charge in [0, 0.05) is 0 Å². The Balaban J connectivity index is 0.000000588. The molecule has 0 saturated heterocycles. The highest BCUT2D eigenvalue weighted by molar-refractivity contribution is 7.60. The summed E-state index contributed by atoms with van der Waals surface area (Å²) in [6, 6.07) is 0. The van der Waals surface area contributed by atoms with Gasteiger partial charge in [0.15, 0.2) is 0 Å². The van der Waals surface area contributed by atoms with E-state index in [9.17, 15) is 17.3 Å². The quantitative estimate of drug-likeness (QED) is 0.169. The molecule has 0 aromatic carbocycles. The number of halogens is 4. The fourth-order valence-electron chi connectivity index (χ4n) is 7.41. The highest BCUT2D eigenvalue weighted by Crippen LogP contribution is 2.59. The molecule has 0 atom stereocenters. The second-order valence-electron chi connectivity index (χ2n) is 11.5. The van der Waals surface area contributed by atoms with Crippen LogP contribution in [0, 0.1) is 0 Å². The van der Waals surface area contributed by atoms with E-state index >= 15 is 0 Å². The van der Waals surface area contributed by atoms with Crippen LogP contribution in [0.4, 0.5) is 17.3 Å². The Kier molecular flexibility index (Phi) is 13.6. The molecule has 0 radical (unpaired) electrons. The van der Waals surface area contributed by atoms with E-state index in [0.29, 0.717) is 15.8 Å². The number of hydrogen-bond donors (Lipinski definition) is 0. The first-order valence-corrected chi connectivity index (χ1v) is 18.1. The van der Waals surface area contributed by atoms with Crippen LogP contribution in [0.1, 0.15) is 135 Å². The summed E-state index contributed by atoms with van der Waals surface area (Å²) in [5.41, 5.74) is 4.71. The van der Waals surface area contributed by atoms with Gasteiger partial charge in [0.25, 0.3) is 0 Å². The SMILES string of the molecule is C1CCC(P(CCCP(C2CCCCC2)C2CCCCC2)C2CCCCC2)CC1.F[B-](F)(F)F. The van der Waals surface area contributed by atoms with Crippen molar-refractivity contribution in [2.45, 2.75) is 157 Å². The highest BCUT2D eigenvalue weighted by Gasteiger charge is 2.33. The van der Waals surface area contributed by atoms with Crippen molar-refractivity contribution in [2.24, 2.45) is 0 Å². The summed E-state index contributed by atoms with van der Waals surface area (Å²) in [5.74, 6) is 0. The largest absolute Gasteiger partial charge is 0.673 e. The summed E-state index contributed by atoms with van der Waals surface area (Å²) in [4.78, 5) is 0. The maximum Gasteiger partial charge on any atom is 0.673 e. The van der Waals surface area contributed by atoms with Crippen molar-refractivity contribution in [1.82, 2.24) is 0 Å². The molecule has 4 aliphatic rings. The van der Waals surface area contributed by atoms with Crippen LogP contribution in [0.2, 0.25) is 0 Å². The zero-order chi connectivity index (χ0) is 24.2. The Hall–Kier alpha value is 0.645. The van der Waals surface area contributed by atoms with Gasteiger partial charge in [-0.15, -0.1) is 15.8 Å². The molecule has 4 aliphatic carbocycles. The van der Waals surface area contributed by atoms with Crippen LogP contribution in [0.25, 0.3) is 0 Å². The van der Waals surface area contributed by atoms with Crippen molar-refractivity contribution >= 4 is 23.1 Å². The summed E-state index contributed by atoms with van der Waals surface area (Å²) in [7, 11) is -5.30. The minimum absolute atomic E-state index is 0.348. The lowest BCUT2D eigenvalue weighted by Gasteiger charge is -2.41. The van der Waals surface area contributed by atoms with Gasteiger partial charge in [-0.2, -0.15) is 0 Å². The fraction of sp³-hybridized carbons (Fsp3) is 1.00. The molecular formula is C27H50BF4P2-. The molecule has 0 aromatic heterocycles. The maximum atomic E-state index is 9.75. The van der Waals surface area contributed by atoms with Crippen molar-refractivity contribution in [3.05, 3.63) is 0 Å². The second-order valence-corrected chi connectivity index (χ2v) is 17.4. The fourth-order valence-corrected chi connectivity index (χ4v) is 15.5. The Morgan fingerprint density at radius 3 is 0.824 bits per heavy atom. The number of rotatable bonds is 8. The van der Waals surface area contributed by atoms with Crippen molar-refractivity contribution < 1.29 is 17.3 Å². The summed E-state index contributed by atoms with van der Waals surface area (Å²) >= 11 is 0. The van der Waals surface area contributed by atoms with Crippen LogP contribution < -0.4 is 0 Å². The molecule has 4 rings (SSSR count). The van der Waals surface area contributed by atoms with E-state index in [-0.39, 0.29) is 0 Å². The minimum Gasteiger partial charge on any atom is -0.418 e. The van der Waals surface area contributed by atoms with Gasteiger partial charge in [0.1, 0.15) is 0 Å². The second kappa shape index (κ2) is 15.8. The number of hydrogen-bond acceptors (Lipinski definition) is 0. The Morgan fingerprint density at radius 2 is 0.618 bits per heavy atom. The molecule has 34 heavy (non-hydrogen) atoms. The van der Waals surface area contributed by atoms with E-state index in [1.54, 1.807) is 147 Å². The first-order chi connectivity index (χ1) is 16.4. The topological polar surface area (TPSA) is 0 Å². The molecule has 0 spiro atoms. The molecule has 4 saturated carbocycles. The van der Waals surface area contributed by atoms with Gasteiger partial charge >= 0.3 is 7.25 Å². The predicted molar refractivity (Wildman–Crippen MR) is 146 cm³/mol. The minimum atomic E-state index is -6.00. The molecular weight excluding hydrogens is 473 g/mol. The van der Waals surface area contributed by atoms with E-state index in [2.05, 4.69) is 0 Å². The summed E-state index contributed by atoms with van der Waals surface area (Å²) in [6.45, 7) is 0. The van der Waals surface area contributed by atoms with Crippen LogP contribution in [0.15, 0.2) is 0 Å². The average molecular weight is 523 g/mol. The van der Waals surface area contributed by atoms with Gasteiger partial charge < -0.3 is 17.3 Å². The summed E-state index contributed by atoms with van der Waals surface area (Å²) in [6.07, 6.45) is 36.6. The van der Waals surface area contributed by atoms with Gasteiger partial charge in [0.2, 0.25) is 0 Å². The van der Waals surface area contributed by atoms with E-state index in [1.807, 2.05) is 0 Å².